The van der Waals surface area contributed by atoms with Crippen molar-refractivity contribution in [3.8, 4) is 5.75 Å². The van der Waals surface area contributed by atoms with Gasteiger partial charge in [0.2, 0.25) is 0 Å². The molecule has 0 saturated heterocycles. The molecule has 1 aromatic carbocycles. The Morgan fingerprint density at radius 3 is 2.71 bits per heavy atom. The Bertz CT molecular complexity index is 379. The van der Waals surface area contributed by atoms with Crippen molar-refractivity contribution in [2.24, 2.45) is 0 Å². The number of benzene rings is 1. The lowest BCUT2D eigenvalue weighted by Gasteiger charge is -2.13. The summed E-state index contributed by atoms with van der Waals surface area (Å²) in [5.74, 6) is 0.775. The first-order chi connectivity index (χ1) is 10.3. The van der Waals surface area contributed by atoms with Crippen LogP contribution in [0.5, 0.6) is 5.75 Å². The Labute approximate surface area is 128 Å². The molecular formula is C17H28N2O2. The highest BCUT2D eigenvalue weighted by molar-refractivity contribution is 5.46. The van der Waals surface area contributed by atoms with Gasteiger partial charge in [0.15, 0.2) is 0 Å². The van der Waals surface area contributed by atoms with Crippen LogP contribution in [0, 0.1) is 0 Å². The third-order valence-electron chi connectivity index (χ3n) is 3.07. The van der Waals surface area contributed by atoms with Crippen molar-refractivity contribution >= 4 is 5.69 Å². The molecule has 0 aliphatic heterocycles. The molecule has 0 aliphatic carbocycles. The molecule has 1 atom stereocenters. The Hall–Kier alpha value is -1.52. The van der Waals surface area contributed by atoms with Gasteiger partial charge in [0.1, 0.15) is 18.5 Å². The lowest BCUT2D eigenvalue weighted by atomic mass is 10.2. The van der Waals surface area contributed by atoms with E-state index in [-0.39, 0.29) is 6.61 Å². The minimum atomic E-state index is -0.517. The van der Waals surface area contributed by atoms with Gasteiger partial charge in [-0.2, -0.15) is 0 Å². The third kappa shape index (κ3) is 8.38. The molecule has 0 aliphatic rings. The molecule has 1 aromatic rings. The number of unbranched alkanes of at least 4 members (excludes halogenated alkanes) is 2. The molecule has 0 heterocycles. The van der Waals surface area contributed by atoms with E-state index in [2.05, 4.69) is 24.1 Å². The molecule has 0 radical (unpaired) electrons. The van der Waals surface area contributed by atoms with Gasteiger partial charge < -0.3 is 20.5 Å². The molecule has 0 aromatic heterocycles. The average molecular weight is 292 g/mol. The SMILES string of the molecule is C=CCNCC(O)COc1ccc(NCCCCC)cc1. The van der Waals surface area contributed by atoms with Crippen molar-refractivity contribution < 1.29 is 9.84 Å². The van der Waals surface area contributed by atoms with Gasteiger partial charge in [-0.1, -0.05) is 25.8 Å². The van der Waals surface area contributed by atoms with Crippen LogP contribution in [-0.4, -0.2) is 37.5 Å². The molecular weight excluding hydrogens is 264 g/mol. The van der Waals surface area contributed by atoms with Crippen LogP contribution in [0.25, 0.3) is 0 Å². The monoisotopic (exact) mass is 292 g/mol. The number of hydrogen-bond acceptors (Lipinski definition) is 4. The molecule has 118 valence electrons. The van der Waals surface area contributed by atoms with Crippen LogP contribution in [0.3, 0.4) is 0 Å². The van der Waals surface area contributed by atoms with Gasteiger partial charge in [-0.25, -0.2) is 0 Å². The second-order valence-electron chi connectivity index (χ2n) is 5.07. The molecule has 0 spiro atoms. The van der Waals surface area contributed by atoms with Crippen LogP contribution in [0.15, 0.2) is 36.9 Å². The topological polar surface area (TPSA) is 53.5 Å². The maximum absolute atomic E-state index is 9.72. The maximum Gasteiger partial charge on any atom is 0.119 e. The number of hydrogen-bond donors (Lipinski definition) is 3. The molecule has 0 bridgehead atoms. The zero-order valence-corrected chi connectivity index (χ0v) is 13.0. The summed E-state index contributed by atoms with van der Waals surface area (Å²) < 4.78 is 5.55. The molecule has 3 N–H and O–H groups in total. The van der Waals surface area contributed by atoms with E-state index in [0.717, 1.165) is 18.0 Å². The summed E-state index contributed by atoms with van der Waals surface area (Å²) in [6.45, 7) is 8.29. The summed E-state index contributed by atoms with van der Waals surface area (Å²) >= 11 is 0. The summed E-state index contributed by atoms with van der Waals surface area (Å²) in [4.78, 5) is 0. The van der Waals surface area contributed by atoms with Crippen molar-refractivity contribution in [2.75, 3.05) is 31.6 Å². The van der Waals surface area contributed by atoms with Gasteiger partial charge in [-0.3, -0.25) is 0 Å². The highest BCUT2D eigenvalue weighted by atomic mass is 16.5. The minimum absolute atomic E-state index is 0.285. The Morgan fingerprint density at radius 2 is 2.05 bits per heavy atom. The van der Waals surface area contributed by atoms with E-state index in [0.29, 0.717) is 13.1 Å². The fraction of sp³-hybridized carbons (Fsp3) is 0.529. The summed E-state index contributed by atoms with van der Waals surface area (Å²) in [5.41, 5.74) is 1.10. The molecule has 0 saturated carbocycles. The number of aliphatic hydroxyl groups is 1. The highest BCUT2D eigenvalue weighted by Crippen LogP contribution is 2.16. The third-order valence-corrected chi connectivity index (χ3v) is 3.07. The molecule has 0 amide bonds. The summed E-state index contributed by atoms with van der Waals surface area (Å²) in [6.07, 6.45) is 4.93. The highest BCUT2D eigenvalue weighted by Gasteiger charge is 2.04. The predicted octanol–water partition coefficient (Wildman–Crippen LogP) is 2.80. The number of nitrogens with one attached hydrogen (secondary N) is 2. The quantitative estimate of drug-likeness (QED) is 0.409. The largest absolute Gasteiger partial charge is 0.491 e. The predicted molar refractivity (Wildman–Crippen MR) is 89.0 cm³/mol. The van der Waals surface area contributed by atoms with Crippen LogP contribution in [0.4, 0.5) is 5.69 Å². The summed E-state index contributed by atoms with van der Waals surface area (Å²) in [7, 11) is 0. The molecule has 4 nitrogen and oxygen atoms in total. The van der Waals surface area contributed by atoms with E-state index >= 15 is 0 Å². The van der Waals surface area contributed by atoms with Crippen LogP contribution in [-0.2, 0) is 0 Å². The van der Waals surface area contributed by atoms with E-state index in [4.69, 9.17) is 4.74 Å². The number of anilines is 1. The van der Waals surface area contributed by atoms with Crippen molar-refractivity contribution in [3.63, 3.8) is 0 Å². The smallest absolute Gasteiger partial charge is 0.119 e. The molecule has 4 heteroatoms. The van der Waals surface area contributed by atoms with Gasteiger partial charge in [-0.15, -0.1) is 6.58 Å². The van der Waals surface area contributed by atoms with E-state index in [9.17, 15) is 5.11 Å². The fourth-order valence-electron chi connectivity index (χ4n) is 1.88. The Kier molecular flexibility index (Phi) is 9.33. The van der Waals surface area contributed by atoms with Crippen LogP contribution in [0.1, 0.15) is 26.2 Å². The lowest BCUT2D eigenvalue weighted by molar-refractivity contribution is 0.107. The second kappa shape index (κ2) is 11.2. The Morgan fingerprint density at radius 1 is 1.29 bits per heavy atom. The number of ether oxygens (including phenoxy) is 1. The first-order valence-electron chi connectivity index (χ1n) is 7.72. The van der Waals surface area contributed by atoms with E-state index < -0.39 is 6.10 Å². The average Bonchev–Trinajstić information content (AvgIpc) is 2.51. The van der Waals surface area contributed by atoms with Crippen molar-refractivity contribution in [1.29, 1.82) is 0 Å². The summed E-state index contributed by atoms with van der Waals surface area (Å²) in [5, 5.41) is 16.2. The van der Waals surface area contributed by atoms with Gasteiger partial charge in [0.25, 0.3) is 0 Å². The van der Waals surface area contributed by atoms with E-state index in [1.807, 2.05) is 24.3 Å². The van der Waals surface area contributed by atoms with Crippen LogP contribution < -0.4 is 15.4 Å². The van der Waals surface area contributed by atoms with Crippen LogP contribution >= 0.6 is 0 Å². The number of aliphatic hydroxyl groups excluding tert-OH is 1. The zero-order valence-electron chi connectivity index (χ0n) is 13.0. The minimum Gasteiger partial charge on any atom is -0.491 e. The summed E-state index contributed by atoms with van der Waals surface area (Å²) in [6, 6.07) is 7.85. The van der Waals surface area contributed by atoms with Gasteiger partial charge in [-0.05, 0) is 30.7 Å². The van der Waals surface area contributed by atoms with Gasteiger partial charge >= 0.3 is 0 Å². The van der Waals surface area contributed by atoms with Crippen molar-refractivity contribution in [3.05, 3.63) is 36.9 Å². The standard InChI is InChI=1S/C17H28N2O2/c1-3-5-6-12-19-15-7-9-17(10-8-15)21-14-16(20)13-18-11-4-2/h4,7-10,16,18-20H,2-3,5-6,11-14H2,1H3. The van der Waals surface area contributed by atoms with Crippen molar-refractivity contribution in [2.45, 2.75) is 32.3 Å². The molecule has 21 heavy (non-hydrogen) atoms. The molecule has 0 fully saturated rings. The normalized spacial score (nSPS) is 11.9. The molecule has 1 rings (SSSR count). The number of rotatable bonds is 12. The first kappa shape index (κ1) is 17.5. The van der Waals surface area contributed by atoms with E-state index in [1.54, 1.807) is 6.08 Å². The van der Waals surface area contributed by atoms with Crippen molar-refractivity contribution in [1.82, 2.24) is 5.32 Å². The molecule has 1 unspecified atom stereocenters. The fourth-order valence-corrected chi connectivity index (χ4v) is 1.88. The Balaban J connectivity index is 2.22. The second-order valence-corrected chi connectivity index (χ2v) is 5.07. The van der Waals surface area contributed by atoms with E-state index in [1.165, 1.54) is 19.3 Å². The lowest BCUT2D eigenvalue weighted by Crippen LogP contribution is -2.31. The van der Waals surface area contributed by atoms with Gasteiger partial charge in [0, 0.05) is 25.3 Å². The van der Waals surface area contributed by atoms with Crippen LogP contribution in [0.2, 0.25) is 0 Å². The zero-order chi connectivity index (χ0) is 15.3. The first-order valence-corrected chi connectivity index (χ1v) is 7.72. The van der Waals surface area contributed by atoms with Gasteiger partial charge in [0.05, 0.1) is 0 Å². The maximum atomic E-state index is 9.72.